The molecule has 112 valence electrons. The molecule has 2 rings (SSSR count). The molecule has 0 aromatic heterocycles. The molecule has 1 aromatic rings. The molecule has 1 N–H and O–H groups in total. The minimum Gasteiger partial charge on any atom is -0.366 e. The van der Waals surface area contributed by atoms with Crippen LogP contribution in [0.1, 0.15) is 19.4 Å². The number of benzene rings is 1. The normalized spacial score (nSPS) is 21.9. The van der Waals surface area contributed by atoms with Gasteiger partial charge >= 0.3 is 0 Å². The Balaban J connectivity index is 2.29. The summed E-state index contributed by atoms with van der Waals surface area (Å²) in [5, 5.41) is 3.99. The van der Waals surface area contributed by atoms with Crippen LogP contribution in [0.3, 0.4) is 0 Å². The molecule has 4 nitrogen and oxygen atoms in total. The molecule has 6 heteroatoms. The first-order valence-corrected chi connectivity index (χ1v) is 9.09. The van der Waals surface area contributed by atoms with Crippen molar-refractivity contribution < 1.29 is 8.42 Å². The van der Waals surface area contributed by atoms with Crippen LogP contribution in [0.5, 0.6) is 0 Å². The highest BCUT2D eigenvalue weighted by atomic mass is 35.5. The van der Waals surface area contributed by atoms with E-state index in [1.54, 1.807) is 0 Å². The number of halogens is 1. The van der Waals surface area contributed by atoms with E-state index in [0.29, 0.717) is 11.6 Å². The zero-order valence-electron chi connectivity index (χ0n) is 11.9. The van der Waals surface area contributed by atoms with Gasteiger partial charge < -0.3 is 10.2 Å². The second kappa shape index (κ2) is 6.33. The van der Waals surface area contributed by atoms with E-state index in [2.05, 4.69) is 17.1 Å². The van der Waals surface area contributed by atoms with Gasteiger partial charge in [-0.25, -0.2) is 8.42 Å². The predicted octanol–water partition coefficient (Wildman–Crippen LogP) is 2.07. The molecule has 0 bridgehead atoms. The Kier molecular flexibility index (Phi) is 4.94. The van der Waals surface area contributed by atoms with Crippen LogP contribution in [0.4, 0.5) is 5.69 Å². The van der Waals surface area contributed by atoms with Crippen molar-refractivity contribution in [2.45, 2.75) is 26.4 Å². The molecule has 1 aliphatic heterocycles. The van der Waals surface area contributed by atoms with Crippen LogP contribution in [-0.2, 0) is 16.4 Å². The van der Waals surface area contributed by atoms with Crippen LogP contribution in [0.25, 0.3) is 0 Å². The predicted molar refractivity (Wildman–Crippen MR) is 84.3 cm³/mol. The van der Waals surface area contributed by atoms with Crippen molar-refractivity contribution in [3.63, 3.8) is 0 Å². The van der Waals surface area contributed by atoms with Gasteiger partial charge in [-0.2, -0.15) is 0 Å². The Hall–Kier alpha value is -0.780. The van der Waals surface area contributed by atoms with E-state index >= 15 is 0 Å². The minimum atomic E-state index is -2.90. The number of nitrogens with one attached hydrogen (secondary N) is 1. The van der Waals surface area contributed by atoms with Gasteiger partial charge in [0, 0.05) is 29.8 Å². The van der Waals surface area contributed by atoms with E-state index in [-0.39, 0.29) is 17.5 Å². The quantitative estimate of drug-likeness (QED) is 0.924. The first kappa shape index (κ1) is 15.6. The molecule has 0 radical (unpaired) electrons. The maximum absolute atomic E-state index is 11.7. The largest absolute Gasteiger partial charge is 0.366 e. The average Bonchev–Trinajstić information content (AvgIpc) is 2.36. The van der Waals surface area contributed by atoms with E-state index in [9.17, 15) is 8.42 Å². The summed E-state index contributed by atoms with van der Waals surface area (Å²) in [7, 11) is -2.90. The summed E-state index contributed by atoms with van der Waals surface area (Å²) < 4.78 is 23.4. The third-order valence-electron chi connectivity index (χ3n) is 3.59. The van der Waals surface area contributed by atoms with Crippen LogP contribution < -0.4 is 10.2 Å². The molecule has 0 spiro atoms. The van der Waals surface area contributed by atoms with Crippen LogP contribution in [0.2, 0.25) is 5.02 Å². The Labute approximate surface area is 126 Å². The number of sulfone groups is 1. The highest BCUT2D eigenvalue weighted by Crippen LogP contribution is 2.28. The van der Waals surface area contributed by atoms with Crippen LogP contribution in [-0.4, -0.2) is 39.1 Å². The SMILES string of the molecule is CCNCc1ccc(Cl)cc1N1CCS(=O)(=O)CC1C. The maximum Gasteiger partial charge on any atom is 0.154 e. The number of nitrogens with zero attached hydrogens (tertiary/aromatic N) is 1. The second-order valence-electron chi connectivity index (χ2n) is 5.21. The third-order valence-corrected chi connectivity index (χ3v) is 5.62. The fourth-order valence-electron chi connectivity index (χ4n) is 2.57. The molecular formula is C14H21ClN2O2S. The van der Waals surface area contributed by atoms with Crippen molar-refractivity contribution in [3.05, 3.63) is 28.8 Å². The van der Waals surface area contributed by atoms with E-state index < -0.39 is 9.84 Å². The molecule has 0 aliphatic carbocycles. The van der Waals surface area contributed by atoms with Crippen LogP contribution >= 0.6 is 11.6 Å². The van der Waals surface area contributed by atoms with Crippen molar-refractivity contribution in [1.29, 1.82) is 0 Å². The molecule has 0 saturated carbocycles. The number of hydrogen-bond donors (Lipinski definition) is 1. The molecule has 1 heterocycles. The monoisotopic (exact) mass is 316 g/mol. The summed E-state index contributed by atoms with van der Waals surface area (Å²) in [6, 6.07) is 5.80. The summed E-state index contributed by atoms with van der Waals surface area (Å²) in [6.45, 7) is 6.20. The van der Waals surface area contributed by atoms with Crippen LogP contribution in [0, 0.1) is 0 Å². The van der Waals surface area contributed by atoms with E-state index in [1.807, 2.05) is 25.1 Å². The molecule has 1 atom stereocenters. The molecule has 1 aliphatic rings. The van der Waals surface area contributed by atoms with Crippen molar-refractivity contribution in [2.75, 3.05) is 29.5 Å². The zero-order valence-corrected chi connectivity index (χ0v) is 13.5. The number of anilines is 1. The highest BCUT2D eigenvalue weighted by molar-refractivity contribution is 7.91. The van der Waals surface area contributed by atoms with Gasteiger partial charge in [-0.05, 0) is 31.2 Å². The maximum atomic E-state index is 11.7. The Morgan fingerprint density at radius 3 is 2.85 bits per heavy atom. The summed E-state index contributed by atoms with van der Waals surface area (Å²) >= 11 is 6.11. The van der Waals surface area contributed by atoms with E-state index in [4.69, 9.17) is 11.6 Å². The Morgan fingerprint density at radius 1 is 1.45 bits per heavy atom. The standard InChI is InChI=1S/C14H21ClN2O2S/c1-3-16-9-12-4-5-13(15)8-14(12)17-6-7-20(18,19)10-11(17)2/h4-5,8,11,16H,3,6-7,9-10H2,1-2H3. The van der Waals surface area contributed by atoms with E-state index in [0.717, 1.165) is 24.3 Å². The molecule has 1 saturated heterocycles. The highest BCUT2D eigenvalue weighted by Gasteiger charge is 2.29. The Morgan fingerprint density at radius 2 is 2.20 bits per heavy atom. The first-order chi connectivity index (χ1) is 9.43. The van der Waals surface area contributed by atoms with Gasteiger partial charge in [-0.3, -0.25) is 0 Å². The summed E-state index contributed by atoms with van der Waals surface area (Å²) in [5.74, 6) is 0.421. The summed E-state index contributed by atoms with van der Waals surface area (Å²) in [4.78, 5) is 2.15. The van der Waals surface area contributed by atoms with Gasteiger partial charge in [0.25, 0.3) is 0 Å². The van der Waals surface area contributed by atoms with Gasteiger partial charge in [0.1, 0.15) is 0 Å². The Bertz CT molecular complexity index is 575. The van der Waals surface area contributed by atoms with Crippen molar-refractivity contribution in [2.24, 2.45) is 0 Å². The minimum absolute atomic E-state index is 0.0207. The topological polar surface area (TPSA) is 49.4 Å². The zero-order chi connectivity index (χ0) is 14.8. The average molecular weight is 317 g/mol. The van der Waals surface area contributed by atoms with Crippen molar-refractivity contribution in [3.8, 4) is 0 Å². The van der Waals surface area contributed by atoms with Gasteiger partial charge in [0.2, 0.25) is 0 Å². The third kappa shape index (κ3) is 3.65. The lowest BCUT2D eigenvalue weighted by Crippen LogP contribution is -2.47. The lowest BCUT2D eigenvalue weighted by molar-refractivity contribution is 0.567. The van der Waals surface area contributed by atoms with Crippen LogP contribution in [0.15, 0.2) is 18.2 Å². The lowest BCUT2D eigenvalue weighted by Gasteiger charge is -2.36. The van der Waals surface area contributed by atoms with Gasteiger partial charge in [-0.15, -0.1) is 0 Å². The van der Waals surface area contributed by atoms with Crippen molar-refractivity contribution >= 4 is 27.1 Å². The molecule has 1 unspecified atom stereocenters. The lowest BCUT2D eigenvalue weighted by atomic mass is 10.1. The second-order valence-corrected chi connectivity index (χ2v) is 7.88. The summed E-state index contributed by atoms with van der Waals surface area (Å²) in [5.41, 5.74) is 2.20. The molecule has 1 fully saturated rings. The smallest absolute Gasteiger partial charge is 0.154 e. The van der Waals surface area contributed by atoms with Crippen molar-refractivity contribution in [1.82, 2.24) is 5.32 Å². The number of rotatable bonds is 4. The molecule has 1 aromatic carbocycles. The van der Waals surface area contributed by atoms with Gasteiger partial charge in [-0.1, -0.05) is 24.6 Å². The summed E-state index contributed by atoms with van der Waals surface area (Å²) in [6.07, 6.45) is 0. The molecule has 20 heavy (non-hydrogen) atoms. The number of hydrogen-bond acceptors (Lipinski definition) is 4. The van der Waals surface area contributed by atoms with Gasteiger partial charge in [0.15, 0.2) is 9.84 Å². The molecule has 0 amide bonds. The fraction of sp³-hybridized carbons (Fsp3) is 0.571. The first-order valence-electron chi connectivity index (χ1n) is 6.89. The van der Waals surface area contributed by atoms with E-state index in [1.165, 1.54) is 0 Å². The van der Waals surface area contributed by atoms with Gasteiger partial charge in [0.05, 0.1) is 11.5 Å². The fourth-order valence-corrected chi connectivity index (χ4v) is 4.29. The molecular weight excluding hydrogens is 296 g/mol.